The molecule has 0 radical (unpaired) electrons. The Labute approximate surface area is 148 Å². The highest BCUT2D eigenvalue weighted by Gasteiger charge is 2.49. The van der Waals surface area contributed by atoms with Crippen LogP contribution in [0.25, 0.3) is 0 Å². The zero-order valence-electron chi connectivity index (χ0n) is 14.9. The van der Waals surface area contributed by atoms with Crippen molar-refractivity contribution in [3.63, 3.8) is 0 Å². The molecule has 4 aliphatic rings. The summed E-state index contributed by atoms with van der Waals surface area (Å²) in [7, 11) is 0. The van der Waals surface area contributed by atoms with Crippen LogP contribution in [-0.2, 0) is 22.4 Å². The fourth-order valence-electron chi connectivity index (χ4n) is 4.97. The number of carbonyl (C=O) groups excluding carboxylic acids is 1. The van der Waals surface area contributed by atoms with Gasteiger partial charge in [0.1, 0.15) is 6.10 Å². The topological polar surface area (TPSA) is 70.2 Å². The normalized spacial score (nSPS) is 29.4. The van der Waals surface area contributed by atoms with E-state index < -0.39 is 0 Å². The van der Waals surface area contributed by atoms with Gasteiger partial charge in [-0.2, -0.15) is 5.10 Å². The molecule has 1 unspecified atom stereocenters. The van der Waals surface area contributed by atoms with Crippen LogP contribution in [0, 0.1) is 5.41 Å². The fourth-order valence-corrected chi connectivity index (χ4v) is 4.97. The van der Waals surface area contributed by atoms with Crippen LogP contribution >= 0.6 is 0 Å². The van der Waals surface area contributed by atoms with E-state index in [-0.39, 0.29) is 17.5 Å². The summed E-state index contributed by atoms with van der Waals surface area (Å²) in [6, 6.07) is 0. The van der Waals surface area contributed by atoms with Crippen molar-refractivity contribution in [3.8, 4) is 0 Å². The van der Waals surface area contributed by atoms with Crippen molar-refractivity contribution >= 4 is 5.97 Å². The Morgan fingerprint density at radius 2 is 2.00 bits per heavy atom. The molecule has 1 spiro atoms. The molecule has 1 aliphatic carbocycles. The Balaban J connectivity index is 1.22. The zero-order valence-corrected chi connectivity index (χ0v) is 14.9. The van der Waals surface area contributed by atoms with Crippen molar-refractivity contribution in [1.29, 1.82) is 0 Å². The van der Waals surface area contributed by atoms with E-state index in [4.69, 9.17) is 4.74 Å². The first-order valence-corrected chi connectivity index (χ1v) is 9.94. The number of nitrogens with zero attached hydrogens (tertiary/aromatic N) is 2. The van der Waals surface area contributed by atoms with Gasteiger partial charge >= 0.3 is 5.97 Å². The van der Waals surface area contributed by atoms with E-state index >= 15 is 0 Å². The van der Waals surface area contributed by atoms with E-state index in [0.717, 1.165) is 64.8 Å². The van der Waals surface area contributed by atoms with Gasteiger partial charge in [0.15, 0.2) is 0 Å². The van der Waals surface area contributed by atoms with Crippen LogP contribution in [0.4, 0.5) is 0 Å². The fraction of sp³-hybridized carbons (Fsp3) is 0.789. The SMILES string of the molecule is O=C1OC(CN2CCc3[nH]nc(C4CC4)c3CC2)CC12CCNCC2. The summed E-state index contributed by atoms with van der Waals surface area (Å²) in [4.78, 5) is 14.9. The Hall–Kier alpha value is -1.40. The molecule has 2 saturated heterocycles. The number of esters is 1. The molecule has 1 aromatic heterocycles. The lowest BCUT2D eigenvalue weighted by Crippen LogP contribution is -2.40. The molecule has 0 aromatic carbocycles. The molecule has 3 aliphatic heterocycles. The minimum Gasteiger partial charge on any atom is -0.461 e. The molecule has 1 saturated carbocycles. The van der Waals surface area contributed by atoms with Gasteiger partial charge in [0, 0.05) is 44.1 Å². The first kappa shape index (κ1) is 15.8. The summed E-state index contributed by atoms with van der Waals surface area (Å²) >= 11 is 0. The molecule has 0 amide bonds. The van der Waals surface area contributed by atoms with E-state index in [9.17, 15) is 4.79 Å². The molecule has 0 bridgehead atoms. The van der Waals surface area contributed by atoms with E-state index in [1.165, 1.54) is 29.8 Å². The number of hydrogen-bond donors (Lipinski definition) is 2. The predicted octanol–water partition coefficient (Wildman–Crippen LogP) is 1.37. The van der Waals surface area contributed by atoms with Crippen LogP contribution < -0.4 is 5.32 Å². The van der Waals surface area contributed by atoms with Crippen molar-refractivity contribution in [2.24, 2.45) is 5.41 Å². The van der Waals surface area contributed by atoms with Crippen molar-refractivity contribution in [2.75, 3.05) is 32.7 Å². The zero-order chi connectivity index (χ0) is 16.9. The number of fused-ring (bicyclic) bond motifs is 1. The third-order valence-electron chi connectivity index (χ3n) is 6.65. The van der Waals surface area contributed by atoms with Crippen LogP contribution in [0.15, 0.2) is 0 Å². The van der Waals surface area contributed by atoms with Gasteiger partial charge in [0.25, 0.3) is 0 Å². The second-order valence-electron chi connectivity index (χ2n) is 8.40. The van der Waals surface area contributed by atoms with E-state index in [1.54, 1.807) is 0 Å². The summed E-state index contributed by atoms with van der Waals surface area (Å²) in [6.45, 7) is 4.85. The predicted molar refractivity (Wildman–Crippen MR) is 93.4 cm³/mol. The highest BCUT2D eigenvalue weighted by molar-refractivity contribution is 5.79. The Bertz CT molecular complexity index is 660. The molecule has 6 nitrogen and oxygen atoms in total. The molecule has 136 valence electrons. The average molecular weight is 344 g/mol. The highest BCUT2D eigenvalue weighted by Crippen LogP contribution is 2.43. The minimum absolute atomic E-state index is 0.0549. The number of hydrogen-bond acceptors (Lipinski definition) is 5. The van der Waals surface area contributed by atoms with Crippen molar-refractivity contribution < 1.29 is 9.53 Å². The van der Waals surface area contributed by atoms with Crippen LogP contribution in [0.3, 0.4) is 0 Å². The van der Waals surface area contributed by atoms with Crippen LogP contribution in [0.2, 0.25) is 0 Å². The van der Waals surface area contributed by atoms with Gasteiger partial charge in [0.2, 0.25) is 0 Å². The molecule has 4 heterocycles. The maximum Gasteiger partial charge on any atom is 0.312 e. The number of aromatic nitrogens is 2. The Kier molecular flexibility index (Phi) is 3.86. The monoisotopic (exact) mass is 344 g/mol. The van der Waals surface area contributed by atoms with E-state index in [2.05, 4.69) is 20.4 Å². The number of cyclic esters (lactones) is 1. The van der Waals surface area contributed by atoms with E-state index in [0.29, 0.717) is 5.92 Å². The summed E-state index contributed by atoms with van der Waals surface area (Å²) in [5.41, 5.74) is 3.94. The van der Waals surface area contributed by atoms with Crippen molar-refractivity contribution in [3.05, 3.63) is 17.0 Å². The lowest BCUT2D eigenvalue weighted by molar-refractivity contribution is -0.150. The second kappa shape index (κ2) is 6.09. The van der Waals surface area contributed by atoms with Gasteiger partial charge in [-0.25, -0.2) is 0 Å². The van der Waals surface area contributed by atoms with Crippen molar-refractivity contribution in [1.82, 2.24) is 20.4 Å². The minimum atomic E-state index is -0.199. The number of carbonyl (C=O) groups is 1. The molecule has 1 atom stereocenters. The third-order valence-corrected chi connectivity index (χ3v) is 6.65. The quantitative estimate of drug-likeness (QED) is 0.811. The highest BCUT2D eigenvalue weighted by atomic mass is 16.6. The largest absolute Gasteiger partial charge is 0.461 e. The number of aromatic amines is 1. The molecule has 6 heteroatoms. The smallest absolute Gasteiger partial charge is 0.312 e. The van der Waals surface area contributed by atoms with Gasteiger partial charge in [-0.05, 0) is 50.8 Å². The molecular formula is C19H28N4O2. The molecular weight excluding hydrogens is 316 g/mol. The number of piperidine rings is 1. The van der Waals surface area contributed by atoms with Gasteiger partial charge in [-0.15, -0.1) is 0 Å². The number of ether oxygens (including phenoxy) is 1. The first-order chi connectivity index (χ1) is 12.2. The standard InChI is InChI=1S/C19H28N4O2/c24-18-19(5-7-20-8-6-19)11-14(25-18)12-23-9-3-15-16(4-10-23)21-22-17(15)13-1-2-13/h13-14,20H,1-12H2,(H,21,22). The lowest BCUT2D eigenvalue weighted by Gasteiger charge is -2.29. The number of rotatable bonds is 3. The molecule has 1 aromatic rings. The van der Waals surface area contributed by atoms with E-state index in [1.807, 2.05) is 0 Å². The molecule has 3 fully saturated rings. The molecule has 5 rings (SSSR count). The lowest BCUT2D eigenvalue weighted by atomic mass is 9.76. The third kappa shape index (κ3) is 2.89. The van der Waals surface area contributed by atoms with Gasteiger partial charge in [0.05, 0.1) is 11.1 Å². The molecule has 25 heavy (non-hydrogen) atoms. The number of H-pyrrole nitrogens is 1. The Morgan fingerprint density at radius 1 is 1.20 bits per heavy atom. The summed E-state index contributed by atoms with van der Waals surface area (Å²) in [5, 5.41) is 11.2. The number of nitrogens with one attached hydrogen (secondary N) is 2. The molecule has 2 N–H and O–H groups in total. The van der Waals surface area contributed by atoms with Crippen LogP contribution in [-0.4, -0.2) is 59.9 Å². The average Bonchev–Trinajstić information content (AvgIpc) is 3.36. The summed E-state index contributed by atoms with van der Waals surface area (Å²) in [6.07, 6.45) is 7.56. The van der Waals surface area contributed by atoms with Gasteiger partial charge in [-0.3, -0.25) is 14.8 Å². The van der Waals surface area contributed by atoms with Crippen LogP contribution in [0.5, 0.6) is 0 Å². The van der Waals surface area contributed by atoms with Crippen LogP contribution in [0.1, 0.15) is 55.0 Å². The van der Waals surface area contributed by atoms with Gasteiger partial charge < -0.3 is 10.1 Å². The summed E-state index contributed by atoms with van der Waals surface area (Å²) < 4.78 is 5.80. The first-order valence-electron chi connectivity index (χ1n) is 9.94. The maximum atomic E-state index is 12.5. The maximum absolute atomic E-state index is 12.5. The summed E-state index contributed by atoms with van der Waals surface area (Å²) in [5.74, 6) is 0.765. The van der Waals surface area contributed by atoms with Crippen molar-refractivity contribution in [2.45, 2.75) is 57.0 Å². The Morgan fingerprint density at radius 3 is 2.80 bits per heavy atom. The van der Waals surface area contributed by atoms with Gasteiger partial charge in [-0.1, -0.05) is 0 Å². The second-order valence-corrected chi connectivity index (χ2v) is 8.40.